The topological polar surface area (TPSA) is 110 Å². The van der Waals surface area contributed by atoms with E-state index in [1.54, 1.807) is 0 Å². The predicted molar refractivity (Wildman–Crippen MR) is 78.3 cm³/mol. The zero-order valence-electron chi connectivity index (χ0n) is 12.8. The van der Waals surface area contributed by atoms with Crippen LogP contribution in [0.3, 0.4) is 0 Å². The molecule has 0 bridgehead atoms. The van der Waals surface area contributed by atoms with Crippen LogP contribution in [-0.2, 0) is 28.7 Å². The fourth-order valence-electron chi connectivity index (χ4n) is 2.10. The largest absolute Gasteiger partial charge is 0.508 e. The SMILES string of the molecule is O=C(OCCCN1C(=O)C=CC1=O)OCCCN1C(=O)C=CC1=O. The van der Waals surface area contributed by atoms with Gasteiger partial charge in [0.15, 0.2) is 0 Å². The number of rotatable bonds is 8. The van der Waals surface area contributed by atoms with Gasteiger partial charge < -0.3 is 9.47 Å². The molecule has 9 heteroatoms. The molecule has 4 amide bonds. The molecule has 24 heavy (non-hydrogen) atoms. The first kappa shape index (κ1) is 17.4. The molecular formula is C15H16N2O7. The summed E-state index contributed by atoms with van der Waals surface area (Å²) in [5.41, 5.74) is 0. The summed E-state index contributed by atoms with van der Waals surface area (Å²) < 4.78 is 9.59. The first-order valence-corrected chi connectivity index (χ1v) is 7.35. The molecule has 0 N–H and O–H groups in total. The lowest BCUT2D eigenvalue weighted by Gasteiger charge is -2.14. The molecule has 2 heterocycles. The fourth-order valence-corrected chi connectivity index (χ4v) is 2.10. The summed E-state index contributed by atoms with van der Waals surface area (Å²) in [6.45, 7) is 0.320. The zero-order chi connectivity index (χ0) is 17.5. The highest BCUT2D eigenvalue weighted by molar-refractivity contribution is 6.13. The Morgan fingerprint density at radius 3 is 1.38 bits per heavy atom. The Labute approximate surface area is 137 Å². The van der Waals surface area contributed by atoms with Crippen molar-refractivity contribution in [3.63, 3.8) is 0 Å². The third-order valence-electron chi connectivity index (χ3n) is 3.29. The Hall–Kier alpha value is -2.97. The fraction of sp³-hybridized carbons (Fsp3) is 0.400. The van der Waals surface area contributed by atoms with Gasteiger partial charge in [-0.1, -0.05) is 0 Å². The van der Waals surface area contributed by atoms with Crippen molar-refractivity contribution in [2.45, 2.75) is 12.8 Å². The summed E-state index contributed by atoms with van der Waals surface area (Å²) in [6, 6.07) is 0. The Morgan fingerprint density at radius 1 is 0.708 bits per heavy atom. The number of amides is 4. The van der Waals surface area contributed by atoms with Gasteiger partial charge in [-0.25, -0.2) is 4.79 Å². The molecule has 0 unspecified atom stereocenters. The first-order valence-electron chi connectivity index (χ1n) is 7.35. The predicted octanol–water partition coefficient (Wildman–Crippen LogP) is -0.230. The number of carbonyl (C=O) groups excluding carboxylic acids is 5. The van der Waals surface area contributed by atoms with E-state index in [2.05, 4.69) is 0 Å². The highest BCUT2D eigenvalue weighted by Gasteiger charge is 2.23. The average molecular weight is 336 g/mol. The van der Waals surface area contributed by atoms with Gasteiger partial charge in [-0.3, -0.25) is 29.0 Å². The van der Waals surface area contributed by atoms with Crippen molar-refractivity contribution in [2.24, 2.45) is 0 Å². The van der Waals surface area contributed by atoms with E-state index in [0.717, 1.165) is 9.80 Å². The average Bonchev–Trinajstić information content (AvgIpc) is 3.04. The summed E-state index contributed by atoms with van der Waals surface area (Å²) in [5, 5.41) is 0. The van der Waals surface area contributed by atoms with Crippen LogP contribution in [0.5, 0.6) is 0 Å². The Morgan fingerprint density at radius 2 is 1.04 bits per heavy atom. The van der Waals surface area contributed by atoms with Gasteiger partial charge in [0.05, 0.1) is 13.2 Å². The summed E-state index contributed by atoms with van der Waals surface area (Å²) in [7, 11) is 0. The number of ether oxygens (including phenoxy) is 2. The molecule has 0 aromatic heterocycles. The van der Waals surface area contributed by atoms with Crippen LogP contribution in [0.15, 0.2) is 24.3 Å². The summed E-state index contributed by atoms with van der Waals surface area (Å²) in [4.78, 5) is 58.5. The van der Waals surface area contributed by atoms with Crippen LogP contribution in [0.1, 0.15) is 12.8 Å². The summed E-state index contributed by atoms with van der Waals surface area (Å²) in [5.74, 6) is -1.54. The standard InChI is InChI=1S/C15H16N2O7/c18-11-3-4-12(19)16(11)7-1-9-23-15(22)24-10-2-8-17-13(20)5-6-14(17)21/h3-6H,1-2,7-10H2. The molecule has 0 aliphatic carbocycles. The molecule has 0 fully saturated rings. The normalized spacial score (nSPS) is 16.5. The van der Waals surface area contributed by atoms with Crippen LogP contribution in [0, 0.1) is 0 Å². The molecule has 0 aromatic rings. The summed E-state index contributed by atoms with van der Waals surface area (Å²) in [6.07, 6.45) is 4.45. The van der Waals surface area contributed by atoms with Crippen LogP contribution in [-0.4, -0.2) is 65.9 Å². The maximum absolute atomic E-state index is 11.3. The Kier molecular flexibility index (Phi) is 5.83. The van der Waals surface area contributed by atoms with E-state index in [1.807, 2.05) is 0 Å². The van der Waals surface area contributed by atoms with Crippen LogP contribution in [0.4, 0.5) is 4.79 Å². The van der Waals surface area contributed by atoms with Gasteiger partial charge in [0.2, 0.25) is 0 Å². The molecule has 2 aliphatic heterocycles. The molecule has 9 nitrogen and oxygen atoms in total. The monoisotopic (exact) mass is 336 g/mol. The van der Waals surface area contributed by atoms with Crippen molar-refractivity contribution in [1.29, 1.82) is 0 Å². The number of hydrogen-bond donors (Lipinski definition) is 0. The van der Waals surface area contributed by atoms with Gasteiger partial charge in [-0.05, 0) is 12.8 Å². The number of imide groups is 2. The van der Waals surface area contributed by atoms with Gasteiger partial charge in [-0.2, -0.15) is 0 Å². The van der Waals surface area contributed by atoms with Crippen molar-refractivity contribution in [3.8, 4) is 0 Å². The van der Waals surface area contributed by atoms with Crippen molar-refractivity contribution >= 4 is 29.8 Å². The molecule has 0 atom stereocenters. The van der Waals surface area contributed by atoms with Crippen molar-refractivity contribution < 1.29 is 33.4 Å². The van der Waals surface area contributed by atoms with Crippen molar-refractivity contribution in [3.05, 3.63) is 24.3 Å². The van der Waals surface area contributed by atoms with Gasteiger partial charge in [-0.15, -0.1) is 0 Å². The minimum Gasteiger partial charge on any atom is -0.434 e. The maximum atomic E-state index is 11.3. The highest BCUT2D eigenvalue weighted by atomic mass is 16.7. The van der Waals surface area contributed by atoms with Crippen LogP contribution >= 0.6 is 0 Å². The third kappa shape index (κ3) is 4.51. The van der Waals surface area contributed by atoms with Gasteiger partial charge >= 0.3 is 6.16 Å². The molecular weight excluding hydrogens is 320 g/mol. The van der Waals surface area contributed by atoms with Crippen LogP contribution in [0.2, 0.25) is 0 Å². The zero-order valence-corrected chi connectivity index (χ0v) is 12.8. The molecule has 0 spiro atoms. The second-order valence-corrected chi connectivity index (χ2v) is 4.98. The molecule has 128 valence electrons. The van der Waals surface area contributed by atoms with E-state index in [-0.39, 0.29) is 49.9 Å². The maximum Gasteiger partial charge on any atom is 0.508 e. The van der Waals surface area contributed by atoms with Gasteiger partial charge in [0, 0.05) is 37.4 Å². The third-order valence-corrected chi connectivity index (χ3v) is 3.29. The molecule has 2 rings (SSSR count). The molecule has 0 radical (unpaired) electrons. The van der Waals surface area contributed by atoms with Crippen molar-refractivity contribution in [1.82, 2.24) is 9.80 Å². The molecule has 2 aliphatic rings. The number of nitrogens with zero attached hydrogens (tertiary/aromatic N) is 2. The number of carbonyl (C=O) groups is 5. The lowest BCUT2D eigenvalue weighted by molar-refractivity contribution is -0.138. The minimum absolute atomic E-state index is 0.00289. The van der Waals surface area contributed by atoms with E-state index in [4.69, 9.17) is 9.47 Å². The second-order valence-electron chi connectivity index (χ2n) is 4.98. The van der Waals surface area contributed by atoms with E-state index >= 15 is 0 Å². The summed E-state index contributed by atoms with van der Waals surface area (Å²) >= 11 is 0. The van der Waals surface area contributed by atoms with Crippen LogP contribution < -0.4 is 0 Å². The second kappa shape index (κ2) is 8.04. The lowest BCUT2D eigenvalue weighted by Crippen LogP contribution is -2.32. The quantitative estimate of drug-likeness (QED) is 0.342. The minimum atomic E-state index is -0.885. The van der Waals surface area contributed by atoms with Crippen molar-refractivity contribution in [2.75, 3.05) is 26.3 Å². The highest BCUT2D eigenvalue weighted by Crippen LogP contribution is 2.05. The molecule has 0 saturated heterocycles. The van der Waals surface area contributed by atoms with E-state index < -0.39 is 6.16 Å². The Balaban J connectivity index is 1.51. The van der Waals surface area contributed by atoms with Gasteiger partial charge in [0.1, 0.15) is 0 Å². The lowest BCUT2D eigenvalue weighted by atomic mass is 10.4. The molecule has 0 saturated carbocycles. The molecule has 0 aromatic carbocycles. The van der Waals surface area contributed by atoms with E-state index in [9.17, 15) is 24.0 Å². The van der Waals surface area contributed by atoms with Crippen LogP contribution in [0.25, 0.3) is 0 Å². The van der Waals surface area contributed by atoms with E-state index in [0.29, 0.717) is 12.8 Å². The first-order chi connectivity index (χ1) is 11.5. The number of hydrogen-bond acceptors (Lipinski definition) is 7. The Bertz CT molecular complexity index is 535. The van der Waals surface area contributed by atoms with Gasteiger partial charge in [0.25, 0.3) is 23.6 Å². The smallest absolute Gasteiger partial charge is 0.434 e. The van der Waals surface area contributed by atoms with E-state index in [1.165, 1.54) is 24.3 Å².